The van der Waals surface area contributed by atoms with Gasteiger partial charge in [0.05, 0.1) is 19.3 Å². The van der Waals surface area contributed by atoms with Gasteiger partial charge in [0.1, 0.15) is 5.41 Å². The lowest BCUT2D eigenvalue weighted by molar-refractivity contribution is -0.247. The molecule has 1 heterocycles. The summed E-state index contributed by atoms with van der Waals surface area (Å²) in [5.41, 5.74) is -0.392. The van der Waals surface area contributed by atoms with Crippen LogP contribution in [-0.4, -0.2) is 19.5 Å². The molecule has 1 saturated carbocycles. The lowest BCUT2D eigenvalue weighted by Crippen LogP contribution is -2.45. The summed E-state index contributed by atoms with van der Waals surface area (Å²) in [6.07, 6.45) is 12.9. The first-order chi connectivity index (χ1) is 11.2. The van der Waals surface area contributed by atoms with E-state index in [0.717, 1.165) is 44.8 Å². The smallest absolute Gasteiger partial charge is 0.176 e. The topological polar surface area (TPSA) is 42.2 Å². The van der Waals surface area contributed by atoms with E-state index in [-0.39, 0.29) is 6.29 Å². The van der Waals surface area contributed by atoms with E-state index in [0.29, 0.717) is 5.92 Å². The first-order valence-corrected chi connectivity index (χ1v) is 9.88. The zero-order valence-electron chi connectivity index (χ0n) is 15.2. The highest BCUT2D eigenvalue weighted by molar-refractivity contribution is 5.04. The van der Waals surface area contributed by atoms with Gasteiger partial charge in [-0.2, -0.15) is 5.26 Å². The minimum Gasteiger partial charge on any atom is -0.351 e. The van der Waals surface area contributed by atoms with E-state index in [4.69, 9.17) is 9.47 Å². The van der Waals surface area contributed by atoms with Crippen molar-refractivity contribution in [2.24, 2.45) is 17.3 Å². The van der Waals surface area contributed by atoms with Crippen molar-refractivity contribution >= 4 is 0 Å². The van der Waals surface area contributed by atoms with Crippen LogP contribution >= 0.6 is 0 Å². The summed E-state index contributed by atoms with van der Waals surface area (Å²) in [7, 11) is 0. The lowest BCUT2D eigenvalue weighted by Gasteiger charge is -2.42. The normalized spacial score (nSPS) is 34.9. The molecule has 23 heavy (non-hydrogen) atoms. The van der Waals surface area contributed by atoms with Crippen molar-refractivity contribution in [1.82, 2.24) is 0 Å². The van der Waals surface area contributed by atoms with Crippen LogP contribution in [0.15, 0.2) is 0 Å². The van der Waals surface area contributed by atoms with Crippen molar-refractivity contribution in [2.45, 2.75) is 90.8 Å². The molecule has 0 radical (unpaired) electrons. The third kappa shape index (κ3) is 5.19. The Hall–Kier alpha value is -0.590. The van der Waals surface area contributed by atoms with Gasteiger partial charge in [-0.3, -0.25) is 0 Å². The Labute approximate surface area is 142 Å². The third-order valence-corrected chi connectivity index (χ3v) is 5.82. The van der Waals surface area contributed by atoms with Gasteiger partial charge in [-0.15, -0.1) is 0 Å². The van der Waals surface area contributed by atoms with Crippen molar-refractivity contribution in [3.63, 3.8) is 0 Å². The van der Waals surface area contributed by atoms with Gasteiger partial charge in [0.2, 0.25) is 0 Å². The van der Waals surface area contributed by atoms with Gasteiger partial charge in [0, 0.05) is 5.92 Å². The van der Waals surface area contributed by atoms with Crippen LogP contribution in [-0.2, 0) is 9.47 Å². The van der Waals surface area contributed by atoms with Gasteiger partial charge in [-0.1, -0.05) is 52.4 Å². The Kier molecular flexibility index (Phi) is 7.86. The largest absolute Gasteiger partial charge is 0.351 e. The molecule has 2 rings (SSSR count). The molecule has 0 bridgehead atoms. The molecule has 0 aromatic carbocycles. The number of nitrogens with zero attached hydrogens (tertiary/aromatic N) is 1. The minimum absolute atomic E-state index is 0.290. The Morgan fingerprint density at radius 2 is 1.52 bits per heavy atom. The van der Waals surface area contributed by atoms with Crippen molar-refractivity contribution in [3.05, 3.63) is 0 Å². The summed E-state index contributed by atoms with van der Waals surface area (Å²) in [5.74, 6) is 1.33. The highest BCUT2D eigenvalue weighted by Crippen LogP contribution is 2.45. The number of hydrogen-bond donors (Lipinski definition) is 0. The fraction of sp³-hybridized carbons (Fsp3) is 0.950. The second-order valence-corrected chi connectivity index (χ2v) is 7.71. The number of hydrogen-bond acceptors (Lipinski definition) is 3. The van der Waals surface area contributed by atoms with Gasteiger partial charge >= 0.3 is 0 Å². The Balaban J connectivity index is 1.78. The summed E-state index contributed by atoms with van der Waals surface area (Å²) in [6, 6.07) is 2.58. The molecule has 0 amide bonds. The van der Waals surface area contributed by atoms with Gasteiger partial charge in [-0.25, -0.2) is 0 Å². The lowest BCUT2D eigenvalue weighted by atomic mass is 9.69. The minimum atomic E-state index is -0.392. The first kappa shape index (κ1) is 18.7. The number of ether oxygens (including phenoxy) is 2. The zero-order valence-corrected chi connectivity index (χ0v) is 15.2. The molecule has 0 aromatic heterocycles. The summed E-state index contributed by atoms with van der Waals surface area (Å²) in [5, 5.41) is 9.79. The molecule has 132 valence electrons. The summed E-state index contributed by atoms with van der Waals surface area (Å²) < 4.78 is 12.1. The van der Waals surface area contributed by atoms with Crippen molar-refractivity contribution in [1.29, 1.82) is 5.26 Å². The maximum absolute atomic E-state index is 9.79. The molecular weight excluding hydrogens is 286 g/mol. The Morgan fingerprint density at radius 1 is 0.913 bits per heavy atom. The zero-order chi connectivity index (χ0) is 16.5. The highest BCUT2D eigenvalue weighted by atomic mass is 16.7. The van der Waals surface area contributed by atoms with Crippen LogP contribution in [0.1, 0.15) is 84.5 Å². The van der Waals surface area contributed by atoms with E-state index < -0.39 is 5.41 Å². The van der Waals surface area contributed by atoms with E-state index in [1.54, 1.807) is 0 Å². The average Bonchev–Trinajstić information content (AvgIpc) is 2.61. The van der Waals surface area contributed by atoms with E-state index in [9.17, 15) is 5.26 Å². The number of unbranched alkanes of at least 4 members (excludes halogenated alkanes) is 3. The Morgan fingerprint density at radius 3 is 2.09 bits per heavy atom. The molecule has 0 aromatic rings. The number of rotatable bonds is 8. The molecule has 2 fully saturated rings. The number of nitriles is 1. The van der Waals surface area contributed by atoms with E-state index in [1.165, 1.54) is 44.9 Å². The SMILES string of the molecule is CCCCCC1COC([C@]2(C#N)CC[C@@H](CCCC)CC2)OC1. The van der Waals surface area contributed by atoms with Gasteiger partial charge in [0.15, 0.2) is 6.29 Å². The summed E-state index contributed by atoms with van der Waals surface area (Å²) >= 11 is 0. The molecule has 0 N–H and O–H groups in total. The van der Waals surface area contributed by atoms with Crippen LogP contribution in [0.25, 0.3) is 0 Å². The van der Waals surface area contributed by atoms with Crippen LogP contribution in [0.4, 0.5) is 0 Å². The monoisotopic (exact) mass is 321 g/mol. The van der Waals surface area contributed by atoms with Gasteiger partial charge in [0.25, 0.3) is 0 Å². The van der Waals surface area contributed by atoms with Crippen LogP contribution in [0.3, 0.4) is 0 Å². The van der Waals surface area contributed by atoms with Crippen LogP contribution in [0.5, 0.6) is 0 Å². The molecular formula is C20H35NO2. The van der Waals surface area contributed by atoms with E-state index >= 15 is 0 Å². The predicted octanol–water partition coefficient (Wildman–Crippen LogP) is 5.45. The van der Waals surface area contributed by atoms with Crippen LogP contribution in [0.2, 0.25) is 0 Å². The maximum atomic E-state index is 9.79. The fourth-order valence-corrected chi connectivity index (χ4v) is 4.09. The second-order valence-electron chi connectivity index (χ2n) is 7.71. The predicted molar refractivity (Wildman–Crippen MR) is 92.9 cm³/mol. The molecule has 1 saturated heterocycles. The fourth-order valence-electron chi connectivity index (χ4n) is 4.09. The van der Waals surface area contributed by atoms with Crippen LogP contribution < -0.4 is 0 Å². The van der Waals surface area contributed by atoms with Crippen LogP contribution in [0, 0.1) is 28.6 Å². The standard InChI is InChI=1S/C20H35NO2/c1-3-5-7-9-18-14-22-19(23-15-18)20(16-21)12-10-17(11-13-20)8-6-4-2/h17-19H,3-15H2,1-2H3/t17-,18?,19?,20-. The average molecular weight is 322 g/mol. The van der Waals surface area contributed by atoms with E-state index in [1.807, 2.05) is 0 Å². The quantitative estimate of drug-likeness (QED) is 0.558. The molecule has 0 spiro atoms. The van der Waals surface area contributed by atoms with Crippen molar-refractivity contribution in [3.8, 4) is 6.07 Å². The van der Waals surface area contributed by atoms with Crippen molar-refractivity contribution in [2.75, 3.05) is 13.2 Å². The van der Waals surface area contributed by atoms with Gasteiger partial charge < -0.3 is 9.47 Å². The molecule has 0 unspecified atom stereocenters. The maximum Gasteiger partial charge on any atom is 0.176 e. The highest BCUT2D eigenvalue weighted by Gasteiger charge is 2.45. The molecule has 3 nitrogen and oxygen atoms in total. The molecule has 1 aliphatic heterocycles. The summed E-state index contributed by atoms with van der Waals surface area (Å²) in [4.78, 5) is 0. The third-order valence-electron chi connectivity index (χ3n) is 5.82. The van der Waals surface area contributed by atoms with Crippen molar-refractivity contribution < 1.29 is 9.47 Å². The first-order valence-electron chi connectivity index (χ1n) is 9.88. The molecule has 0 atom stereocenters. The molecule has 3 heteroatoms. The van der Waals surface area contributed by atoms with E-state index in [2.05, 4.69) is 19.9 Å². The Bertz CT molecular complexity index is 360. The molecule has 2 aliphatic rings. The van der Waals surface area contributed by atoms with Gasteiger partial charge in [-0.05, 0) is 38.0 Å². The second kappa shape index (κ2) is 9.64. The molecule has 1 aliphatic carbocycles. The summed E-state index contributed by atoms with van der Waals surface area (Å²) in [6.45, 7) is 6.04.